The molecule has 0 spiro atoms. The van der Waals surface area contributed by atoms with Crippen LogP contribution in [0.15, 0.2) is 127 Å². The number of hydrogen-bond acceptors (Lipinski definition) is 0. The van der Waals surface area contributed by atoms with Gasteiger partial charge in [0.1, 0.15) is 0 Å². The normalized spacial score (nSPS) is 18.9. The molecule has 0 N–H and O–H groups in total. The third-order valence-corrected chi connectivity index (χ3v) is 11.0. The van der Waals surface area contributed by atoms with Crippen LogP contribution in [0, 0.1) is 0 Å². The van der Waals surface area contributed by atoms with E-state index >= 15 is 0 Å². The van der Waals surface area contributed by atoms with Gasteiger partial charge in [0.05, 0.1) is 0 Å². The molecule has 3 aliphatic rings. The Balaban J connectivity index is 1.02. The number of allylic oxidation sites excluding steroid dienone is 9. The molecule has 236 valence electrons. The fraction of sp³-hybridized carbons (Fsp3) is 0.217. The van der Waals surface area contributed by atoms with Crippen molar-refractivity contribution in [3.8, 4) is 0 Å². The van der Waals surface area contributed by atoms with Gasteiger partial charge in [0, 0.05) is 68.9 Å². The van der Waals surface area contributed by atoms with E-state index < -0.39 is 0 Å². The number of benzene rings is 4. The molecule has 2 unspecified atom stereocenters. The van der Waals surface area contributed by atoms with Gasteiger partial charge in [-0.1, -0.05) is 103 Å². The quantitative estimate of drug-likeness (QED) is 0.175. The number of hydrogen-bond donors (Lipinski definition) is 0. The van der Waals surface area contributed by atoms with Crippen molar-refractivity contribution in [1.82, 2.24) is 9.13 Å². The molecule has 2 heteroatoms. The summed E-state index contributed by atoms with van der Waals surface area (Å²) >= 11 is 0. The van der Waals surface area contributed by atoms with Crippen LogP contribution in [0.25, 0.3) is 49.9 Å². The summed E-state index contributed by atoms with van der Waals surface area (Å²) in [5.74, 6) is 0.731. The van der Waals surface area contributed by atoms with Gasteiger partial charge in [0.15, 0.2) is 0 Å². The van der Waals surface area contributed by atoms with Crippen molar-refractivity contribution in [2.45, 2.75) is 64.5 Å². The van der Waals surface area contributed by atoms with E-state index in [0.29, 0.717) is 11.8 Å². The van der Waals surface area contributed by atoms with Crippen molar-refractivity contribution in [2.24, 2.45) is 0 Å². The smallest absolute Gasteiger partial charge is 0.0491 e. The fourth-order valence-electron chi connectivity index (χ4n) is 8.66. The van der Waals surface area contributed by atoms with Gasteiger partial charge in [-0.2, -0.15) is 0 Å². The molecule has 48 heavy (non-hydrogen) atoms. The Morgan fingerprint density at radius 2 is 1.25 bits per heavy atom. The summed E-state index contributed by atoms with van der Waals surface area (Å²) in [5, 5.41) is 4.09. The van der Waals surface area contributed by atoms with Gasteiger partial charge < -0.3 is 9.13 Å². The first-order valence-electron chi connectivity index (χ1n) is 17.9. The van der Waals surface area contributed by atoms with Crippen LogP contribution >= 0.6 is 0 Å². The Hall–Kier alpha value is -5.08. The van der Waals surface area contributed by atoms with E-state index in [1.165, 1.54) is 77.4 Å². The average Bonchev–Trinajstić information content (AvgIpc) is 3.66. The minimum Gasteiger partial charge on any atom is -0.344 e. The predicted molar refractivity (Wildman–Crippen MR) is 205 cm³/mol. The van der Waals surface area contributed by atoms with E-state index in [0.717, 1.165) is 38.8 Å². The molecule has 0 bridgehead atoms. The maximum Gasteiger partial charge on any atom is 0.0491 e. The molecular weight excluding hydrogens is 581 g/mol. The summed E-state index contributed by atoms with van der Waals surface area (Å²) in [6.45, 7) is 6.50. The van der Waals surface area contributed by atoms with E-state index in [1.54, 1.807) is 0 Å². The highest BCUT2D eigenvalue weighted by molar-refractivity contribution is 6.09. The summed E-state index contributed by atoms with van der Waals surface area (Å²) in [7, 11) is 0. The van der Waals surface area contributed by atoms with Gasteiger partial charge in [-0.05, 0) is 103 Å². The summed E-state index contributed by atoms with van der Waals surface area (Å²) < 4.78 is 4.95. The molecule has 6 aromatic rings. The van der Waals surface area contributed by atoms with Crippen LogP contribution < -0.4 is 0 Å². The Labute approximate surface area is 283 Å². The second-order valence-corrected chi connectivity index (χ2v) is 13.7. The highest BCUT2D eigenvalue weighted by Crippen LogP contribution is 2.39. The maximum atomic E-state index is 2.52. The van der Waals surface area contributed by atoms with Gasteiger partial charge in [0.25, 0.3) is 0 Å². The first kappa shape index (κ1) is 29.1. The molecule has 3 aliphatic carbocycles. The third kappa shape index (κ3) is 4.77. The summed E-state index contributed by atoms with van der Waals surface area (Å²) in [6, 6.07) is 32.3. The number of aryl methyl sites for hydroxylation is 2. The molecule has 0 fully saturated rings. The van der Waals surface area contributed by atoms with Crippen LogP contribution in [0.5, 0.6) is 0 Å². The molecule has 0 aliphatic heterocycles. The minimum absolute atomic E-state index is 0.353. The molecule has 0 amide bonds. The first-order chi connectivity index (χ1) is 23.7. The lowest BCUT2D eigenvalue weighted by Gasteiger charge is -2.21. The van der Waals surface area contributed by atoms with E-state index in [1.807, 2.05) is 0 Å². The van der Waals surface area contributed by atoms with Crippen molar-refractivity contribution in [2.75, 3.05) is 0 Å². The zero-order valence-electron chi connectivity index (χ0n) is 28.0. The standard InChI is InChI=1S/C46H42N2/c1-3-47-43-20-7-5-18-39(43)41-29-37(22-24-45(41)47)35-16-10-14-33(27-35)31-12-9-13-32(26-31)34-15-11-17-36(28-34)38-23-25-46-42(30-38)40-19-6-8-21-44(40)48(46)4-2/h5-7,9-13,15-16,18-20,22-30,33,36H,3-4,8,14,17,21H2,1-2H3. The summed E-state index contributed by atoms with van der Waals surface area (Å²) in [5.41, 5.74) is 15.0. The van der Waals surface area contributed by atoms with Crippen LogP contribution in [0.4, 0.5) is 0 Å². The van der Waals surface area contributed by atoms with Crippen LogP contribution in [0.1, 0.15) is 78.5 Å². The Morgan fingerprint density at radius 1 is 0.562 bits per heavy atom. The number of rotatable bonds is 6. The number of para-hydroxylation sites is 1. The summed E-state index contributed by atoms with van der Waals surface area (Å²) in [4.78, 5) is 0. The Morgan fingerprint density at radius 3 is 2.04 bits per heavy atom. The molecule has 9 rings (SSSR count). The molecule has 0 saturated carbocycles. The van der Waals surface area contributed by atoms with Gasteiger partial charge >= 0.3 is 0 Å². The lowest BCUT2D eigenvalue weighted by Crippen LogP contribution is -2.03. The van der Waals surface area contributed by atoms with E-state index in [9.17, 15) is 0 Å². The zero-order chi connectivity index (χ0) is 32.2. The van der Waals surface area contributed by atoms with Gasteiger partial charge in [-0.3, -0.25) is 0 Å². The molecule has 0 saturated heterocycles. The van der Waals surface area contributed by atoms with Crippen LogP contribution in [-0.4, -0.2) is 9.13 Å². The average molecular weight is 623 g/mol. The first-order valence-corrected chi connectivity index (χ1v) is 17.9. The summed E-state index contributed by atoms with van der Waals surface area (Å²) in [6.07, 6.45) is 23.4. The van der Waals surface area contributed by atoms with E-state index in [2.05, 4.69) is 157 Å². The number of aromatic nitrogens is 2. The van der Waals surface area contributed by atoms with Crippen molar-refractivity contribution in [3.05, 3.63) is 161 Å². The zero-order valence-corrected chi connectivity index (χ0v) is 28.0. The Kier molecular flexibility index (Phi) is 7.19. The molecule has 4 aromatic carbocycles. The van der Waals surface area contributed by atoms with Gasteiger partial charge in [0.2, 0.25) is 0 Å². The van der Waals surface area contributed by atoms with Crippen molar-refractivity contribution >= 4 is 49.9 Å². The highest BCUT2D eigenvalue weighted by atomic mass is 15.0. The van der Waals surface area contributed by atoms with Crippen molar-refractivity contribution in [3.63, 3.8) is 0 Å². The number of nitrogens with zero attached hydrogens (tertiary/aromatic N) is 2. The molecular formula is C46H42N2. The second-order valence-electron chi connectivity index (χ2n) is 13.7. The van der Waals surface area contributed by atoms with Crippen molar-refractivity contribution in [1.29, 1.82) is 0 Å². The lowest BCUT2D eigenvalue weighted by molar-refractivity contribution is 0.728. The minimum atomic E-state index is 0.353. The van der Waals surface area contributed by atoms with Gasteiger partial charge in [-0.25, -0.2) is 0 Å². The monoisotopic (exact) mass is 622 g/mol. The van der Waals surface area contributed by atoms with E-state index in [4.69, 9.17) is 0 Å². The Bertz CT molecular complexity index is 2380. The van der Waals surface area contributed by atoms with Crippen LogP contribution in [0.2, 0.25) is 0 Å². The predicted octanol–water partition coefficient (Wildman–Crippen LogP) is 12.0. The molecule has 2 nitrogen and oxygen atoms in total. The third-order valence-electron chi connectivity index (χ3n) is 11.0. The van der Waals surface area contributed by atoms with E-state index in [-0.39, 0.29) is 0 Å². The topological polar surface area (TPSA) is 9.86 Å². The van der Waals surface area contributed by atoms with Gasteiger partial charge in [-0.15, -0.1) is 0 Å². The second kappa shape index (κ2) is 11.9. The van der Waals surface area contributed by atoms with Crippen molar-refractivity contribution < 1.29 is 0 Å². The largest absolute Gasteiger partial charge is 0.344 e. The fourth-order valence-corrected chi connectivity index (χ4v) is 8.66. The highest BCUT2D eigenvalue weighted by Gasteiger charge is 2.21. The molecule has 2 aromatic heterocycles. The molecule has 0 radical (unpaired) electrons. The van der Waals surface area contributed by atoms with Crippen LogP contribution in [0.3, 0.4) is 0 Å². The maximum absolute atomic E-state index is 2.52. The molecule has 2 heterocycles. The van der Waals surface area contributed by atoms with Crippen LogP contribution in [-0.2, 0) is 19.5 Å². The SMILES string of the molecule is CCn1c2c(c3cc(C4C=C(c5cccc(C6C=C(c7ccc8c(c7)c7ccccc7n8CC)C=CC6)c5)C=CC4)ccc31)C=CCC2. The molecule has 2 atom stereocenters. The number of fused-ring (bicyclic) bond motifs is 6. The lowest BCUT2D eigenvalue weighted by atomic mass is 9.84.